The third-order valence-corrected chi connectivity index (χ3v) is 2.99. The zero-order valence-electron chi connectivity index (χ0n) is 13.0. The van der Waals surface area contributed by atoms with Crippen molar-refractivity contribution < 1.29 is 28.6 Å². The molecule has 0 unspecified atom stereocenters. The minimum absolute atomic E-state index is 0.333. The van der Waals surface area contributed by atoms with Crippen LogP contribution in [0.15, 0.2) is 18.2 Å². The first-order valence-electron chi connectivity index (χ1n) is 6.62. The van der Waals surface area contributed by atoms with E-state index in [1.165, 1.54) is 6.92 Å². The highest BCUT2D eigenvalue weighted by atomic mass is 16.6. The molecular weight excluding hydrogens is 290 g/mol. The lowest BCUT2D eigenvalue weighted by Crippen LogP contribution is -2.40. The zero-order valence-corrected chi connectivity index (χ0v) is 13.0. The van der Waals surface area contributed by atoms with E-state index in [1.807, 2.05) is 31.3 Å². The van der Waals surface area contributed by atoms with Crippen molar-refractivity contribution in [3.63, 3.8) is 0 Å². The Kier molecular flexibility index (Phi) is 6.37. The first kappa shape index (κ1) is 17.5. The number of esters is 1. The lowest BCUT2D eigenvalue weighted by Gasteiger charge is -2.14. The lowest BCUT2D eigenvalue weighted by atomic mass is 10.1. The number of rotatable bonds is 5. The maximum atomic E-state index is 11.6. The molecule has 0 aliphatic heterocycles. The number of amides is 2. The third-order valence-electron chi connectivity index (χ3n) is 2.99. The van der Waals surface area contributed by atoms with Gasteiger partial charge in [0.25, 0.3) is 5.91 Å². The van der Waals surface area contributed by atoms with Gasteiger partial charge in [-0.2, -0.15) is 0 Å². The molecule has 22 heavy (non-hydrogen) atoms. The Morgan fingerprint density at radius 1 is 1.23 bits per heavy atom. The zero-order chi connectivity index (χ0) is 16.7. The van der Waals surface area contributed by atoms with Crippen molar-refractivity contribution in [1.82, 2.24) is 5.32 Å². The van der Waals surface area contributed by atoms with Crippen LogP contribution in [0.3, 0.4) is 0 Å². The van der Waals surface area contributed by atoms with Gasteiger partial charge in [-0.3, -0.25) is 10.1 Å². The Morgan fingerprint density at radius 3 is 2.55 bits per heavy atom. The van der Waals surface area contributed by atoms with E-state index in [4.69, 9.17) is 9.47 Å². The Morgan fingerprint density at radius 2 is 1.91 bits per heavy atom. The van der Waals surface area contributed by atoms with Crippen LogP contribution in [0.2, 0.25) is 0 Å². The van der Waals surface area contributed by atoms with Crippen molar-refractivity contribution in [3.05, 3.63) is 29.3 Å². The summed E-state index contributed by atoms with van der Waals surface area (Å²) in [5.41, 5.74) is 1.96. The normalized spacial score (nSPS) is 11.3. The smallest absolute Gasteiger partial charge is 0.413 e. The molecule has 1 N–H and O–H groups in total. The molecule has 1 atom stereocenters. The maximum absolute atomic E-state index is 11.6. The van der Waals surface area contributed by atoms with Gasteiger partial charge in [-0.1, -0.05) is 12.1 Å². The minimum Gasteiger partial charge on any atom is -0.482 e. The van der Waals surface area contributed by atoms with Crippen molar-refractivity contribution >= 4 is 18.0 Å². The van der Waals surface area contributed by atoms with Gasteiger partial charge < -0.3 is 14.2 Å². The summed E-state index contributed by atoms with van der Waals surface area (Å²) in [6.07, 6.45) is -2.05. The van der Waals surface area contributed by atoms with Crippen LogP contribution in [0.5, 0.6) is 5.75 Å². The largest absolute Gasteiger partial charge is 0.482 e. The number of carbonyl (C=O) groups excluding carboxylic acids is 3. The maximum Gasteiger partial charge on any atom is 0.413 e. The summed E-state index contributed by atoms with van der Waals surface area (Å²) in [5.74, 6) is -0.913. The SMILES string of the molecule is COC(=O)NC(=O)[C@H](C)OC(=O)COc1cccc(C)c1C. The number of methoxy groups -OCH3 is 1. The number of aryl methyl sites for hydroxylation is 1. The molecule has 0 radical (unpaired) electrons. The number of imide groups is 1. The van der Waals surface area contributed by atoms with E-state index < -0.39 is 24.1 Å². The summed E-state index contributed by atoms with van der Waals surface area (Å²) >= 11 is 0. The fourth-order valence-electron chi connectivity index (χ4n) is 1.56. The van der Waals surface area contributed by atoms with E-state index in [0.717, 1.165) is 18.2 Å². The molecule has 7 heteroatoms. The minimum atomic E-state index is -1.13. The molecule has 0 aliphatic carbocycles. The van der Waals surface area contributed by atoms with E-state index in [-0.39, 0.29) is 6.61 Å². The topological polar surface area (TPSA) is 90.9 Å². The molecule has 1 aromatic rings. The van der Waals surface area contributed by atoms with Crippen LogP contribution in [0.25, 0.3) is 0 Å². The molecule has 0 bridgehead atoms. The molecule has 0 fully saturated rings. The Bertz CT molecular complexity index is 569. The number of ether oxygens (including phenoxy) is 3. The van der Waals surface area contributed by atoms with Gasteiger partial charge in [0.2, 0.25) is 0 Å². The molecule has 7 nitrogen and oxygen atoms in total. The second-order valence-corrected chi connectivity index (χ2v) is 4.60. The summed E-state index contributed by atoms with van der Waals surface area (Å²) in [4.78, 5) is 34.0. The summed E-state index contributed by atoms with van der Waals surface area (Å²) in [5, 5.41) is 1.91. The van der Waals surface area contributed by atoms with Gasteiger partial charge in [0.15, 0.2) is 12.7 Å². The summed E-state index contributed by atoms with van der Waals surface area (Å²) in [6.45, 7) is 4.82. The summed E-state index contributed by atoms with van der Waals surface area (Å²) < 4.78 is 14.5. The number of alkyl carbamates (subject to hydrolysis) is 1. The van der Waals surface area contributed by atoms with Gasteiger partial charge >= 0.3 is 12.1 Å². The van der Waals surface area contributed by atoms with Crippen LogP contribution in [0.4, 0.5) is 4.79 Å². The Labute approximate surface area is 128 Å². The molecule has 0 heterocycles. The summed E-state index contributed by atoms with van der Waals surface area (Å²) in [6, 6.07) is 5.48. The van der Waals surface area contributed by atoms with Gasteiger partial charge in [0, 0.05) is 0 Å². The quantitative estimate of drug-likeness (QED) is 0.829. The average Bonchev–Trinajstić information content (AvgIpc) is 2.48. The molecule has 0 spiro atoms. The van der Waals surface area contributed by atoms with Crippen LogP contribution in [0, 0.1) is 13.8 Å². The lowest BCUT2D eigenvalue weighted by molar-refractivity contribution is -0.156. The molecule has 120 valence electrons. The molecule has 1 rings (SSSR count). The van der Waals surface area contributed by atoms with Gasteiger partial charge in [-0.15, -0.1) is 0 Å². The van der Waals surface area contributed by atoms with E-state index in [9.17, 15) is 14.4 Å². The predicted octanol–water partition coefficient (Wildman–Crippen LogP) is 1.50. The standard InChI is InChI=1S/C15H19NO6/c1-9-6-5-7-12(10(9)2)21-8-13(17)22-11(3)14(18)16-15(19)20-4/h5-7,11H,8H2,1-4H3,(H,16,18,19)/t11-/m0/s1. The first-order chi connectivity index (χ1) is 10.3. The van der Waals surface area contributed by atoms with Crippen molar-refractivity contribution in [2.75, 3.05) is 13.7 Å². The number of carbonyl (C=O) groups is 3. The molecular formula is C15H19NO6. The van der Waals surface area contributed by atoms with Gasteiger partial charge in [0.1, 0.15) is 5.75 Å². The Hall–Kier alpha value is -2.57. The van der Waals surface area contributed by atoms with Crippen molar-refractivity contribution in [2.24, 2.45) is 0 Å². The highest BCUT2D eigenvalue weighted by molar-refractivity contribution is 5.95. The number of hydrogen-bond acceptors (Lipinski definition) is 6. The van der Waals surface area contributed by atoms with Crippen LogP contribution >= 0.6 is 0 Å². The highest BCUT2D eigenvalue weighted by Crippen LogP contribution is 2.20. The van der Waals surface area contributed by atoms with E-state index in [2.05, 4.69) is 4.74 Å². The second-order valence-electron chi connectivity index (χ2n) is 4.60. The fourth-order valence-corrected chi connectivity index (χ4v) is 1.56. The first-order valence-corrected chi connectivity index (χ1v) is 6.62. The summed E-state index contributed by atoms with van der Waals surface area (Å²) in [7, 11) is 1.12. The monoisotopic (exact) mass is 309 g/mol. The van der Waals surface area contributed by atoms with Gasteiger partial charge in [-0.05, 0) is 38.0 Å². The van der Waals surface area contributed by atoms with Crippen molar-refractivity contribution in [1.29, 1.82) is 0 Å². The van der Waals surface area contributed by atoms with Crippen molar-refractivity contribution in [2.45, 2.75) is 26.9 Å². The predicted molar refractivity (Wildman–Crippen MR) is 77.5 cm³/mol. The molecule has 0 saturated carbocycles. The molecule has 0 aliphatic rings. The average molecular weight is 309 g/mol. The van der Waals surface area contributed by atoms with Gasteiger partial charge in [-0.25, -0.2) is 9.59 Å². The highest BCUT2D eigenvalue weighted by Gasteiger charge is 2.20. The van der Waals surface area contributed by atoms with Gasteiger partial charge in [0.05, 0.1) is 7.11 Å². The number of nitrogens with one attached hydrogen (secondary N) is 1. The van der Waals surface area contributed by atoms with E-state index in [0.29, 0.717) is 5.75 Å². The third kappa shape index (κ3) is 5.08. The molecule has 0 aromatic heterocycles. The fraction of sp³-hybridized carbons (Fsp3) is 0.400. The van der Waals surface area contributed by atoms with Crippen LogP contribution in [0.1, 0.15) is 18.1 Å². The van der Waals surface area contributed by atoms with Crippen LogP contribution in [-0.4, -0.2) is 37.8 Å². The second kappa shape index (κ2) is 8.02. The molecule has 2 amide bonds. The number of hydrogen-bond donors (Lipinski definition) is 1. The Balaban J connectivity index is 2.47. The molecule has 1 aromatic carbocycles. The van der Waals surface area contributed by atoms with Crippen molar-refractivity contribution in [3.8, 4) is 5.75 Å². The number of benzene rings is 1. The van der Waals surface area contributed by atoms with E-state index >= 15 is 0 Å². The molecule has 0 saturated heterocycles. The van der Waals surface area contributed by atoms with Crippen LogP contribution < -0.4 is 10.1 Å². The van der Waals surface area contributed by atoms with E-state index in [1.54, 1.807) is 6.07 Å². The van der Waals surface area contributed by atoms with Crippen LogP contribution in [-0.2, 0) is 19.1 Å².